The number of carbonyl (C=O) groups is 1. The number of rotatable bonds is 7. The maximum atomic E-state index is 12.5. The van der Waals surface area contributed by atoms with Crippen molar-refractivity contribution >= 4 is 16.9 Å². The summed E-state index contributed by atoms with van der Waals surface area (Å²) in [5.74, 6) is 1.54. The summed E-state index contributed by atoms with van der Waals surface area (Å²) >= 11 is 0. The normalized spacial score (nSPS) is 10.8. The molecule has 0 fully saturated rings. The Balaban J connectivity index is 1.72. The Bertz CT molecular complexity index is 981. The number of methoxy groups -OCH3 is 3. The van der Waals surface area contributed by atoms with Crippen LogP contribution in [0.25, 0.3) is 11.0 Å². The highest BCUT2D eigenvalue weighted by molar-refractivity contribution is 5.89. The molecule has 0 aliphatic heterocycles. The molecule has 1 N–H and O–H groups in total. The van der Waals surface area contributed by atoms with Crippen LogP contribution in [0.1, 0.15) is 22.3 Å². The Labute approximate surface area is 164 Å². The van der Waals surface area contributed by atoms with Crippen LogP contribution >= 0.6 is 0 Å². The summed E-state index contributed by atoms with van der Waals surface area (Å²) in [6, 6.07) is 7.69. The van der Waals surface area contributed by atoms with Gasteiger partial charge in [-0.25, -0.2) is 0 Å². The minimum Gasteiger partial charge on any atom is -0.493 e. The van der Waals surface area contributed by atoms with Crippen LogP contribution in [0, 0.1) is 13.8 Å². The van der Waals surface area contributed by atoms with Gasteiger partial charge < -0.3 is 23.9 Å². The number of nitrogens with one attached hydrogen (secondary N) is 1. The molecule has 0 radical (unpaired) electrons. The van der Waals surface area contributed by atoms with Crippen molar-refractivity contribution in [3.05, 3.63) is 52.8 Å². The number of hydrogen-bond acceptors (Lipinski definition) is 5. The minimum absolute atomic E-state index is 0.0883. The molecule has 1 heterocycles. The van der Waals surface area contributed by atoms with E-state index in [-0.39, 0.29) is 12.3 Å². The van der Waals surface area contributed by atoms with Crippen LogP contribution in [0.2, 0.25) is 0 Å². The molecule has 3 rings (SSSR count). The SMILES string of the molecule is COc1cc(CNC(=O)Cc2coc3c(C)c(C)ccc23)cc(OC)c1OC. The Morgan fingerprint density at radius 1 is 1.04 bits per heavy atom. The standard InChI is InChI=1S/C22H25NO5/c1-13-6-7-17-16(12-28-21(17)14(13)2)10-20(24)23-11-15-8-18(25-3)22(27-5)19(9-15)26-4/h6-9,12H,10-11H2,1-5H3,(H,23,24). The van der Waals surface area contributed by atoms with Crippen molar-refractivity contribution in [2.75, 3.05) is 21.3 Å². The maximum absolute atomic E-state index is 12.5. The van der Waals surface area contributed by atoms with E-state index in [1.165, 1.54) is 5.56 Å². The molecule has 0 aliphatic rings. The molecule has 0 bridgehead atoms. The number of benzene rings is 2. The summed E-state index contributed by atoms with van der Waals surface area (Å²) in [6.45, 7) is 4.42. The zero-order chi connectivity index (χ0) is 20.3. The molecular weight excluding hydrogens is 358 g/mol. The van der Waals surface area contributed by atoms with Gasteiger partial charge in [0.2, 0.25) is 11.7 Å². The highest BCUT2D eigenvalue weighted by Crippen LogP contribution is 2.38. The van der Waals surface area contributed by atoms with E-state index in [1.54, 1.807) is 27.6 Å². The molecule has 2 aromatic carbocycles. The summed E-state index contributed by atoms with van der Waals surface area (Å²) in [4.78, 5) is 12.5. The lowest BCUT2D eigenvalue weighted by Crippen LogP contribution is -2.24. The monoisotopic (exact) mass is 383 g/mol. The average Bonchev–Trinajstić information content (AvgIpc) is 3.11. The van der Waals surface area contributed by atoms with Crippen molar-refractivity contribution in [1.29, 1.82) is 0 Å². The van der Waals surface area contributed by atoms with E-state index in [1.807, 2.05) is 38.1 Å². The molecule has 148 valence electrons. The first kappa shape index (κ1) is 19.6. The van der Waals surface area contributed by atoms with Crippen LogP contribution < -0.4 is 19.5 Å². The topological polar surface area (TPSA) is 69.9 Å². The van der Waals surface area contributed by atoms with Gasteiger partial charge >= 0.3 is 0 Å². The fourth-order valence-electron chi connectivity index (χ4n) is 3.20. The maximum Gasteiger partial charge on any atom is 0.224 e. The first-order chi connectivity index (χ1) is 13.5. The Kier molecular flexibility index (Phi) is 5.78. The first-order valence-electron chi connectivity index (χ1n) is 9.00. The van der Waals surface area contributed by atoms with Crippen LogP contribution in [0.15, 0.2) is 34.9 Å². The lowest BCUT2D eigenvalue weighted by molar-refractivity contribution is -0.120. The van der Waals surface area contributed by atoms with Crippen molar-refractivity contribution in [3.63, 3.8) is 0 Å². The number of hydrogen-bond donors (Lipinski definition) is 1. The zero-order valence-electron chi connectivity index (χ0n) is 16.8. The summed E-state index contributed by atoms with van der Waals surface area (Å²) < 4.78 is 21.7. The fourth-order valence-corrected chi connectivity index (χ4v) is 3.20. The molecule has 0 saturated heterocycles. The summed E-state index contributed by atoms with van der Waals surface area (Å²) in [7, 11) is 4.68. The predicted molar refractivity (Wildman–Crippen MR) is 107 cm³/mol. The van der Waals surface area contributed by atoms with Gasteiger partial charge in [0.1, 0.15) is 5.58 Å². The Morgan fingerprint density at radius 2 is 1.71 bits per heavy atom. The van der Waals surface area contributed by atoms with Gasteiger partial charge in [-0.2, -0.15) is 0 Å². The van der Waals surface area contributed by atoms with E-state index in [4.69, 9.17) is 18.6 Å². The Morgan fingerprint density at radius 3 is 2.32 bits per heavy atom. The largest absolute Gasteiger partial charge is 0.493 e. The van der Waals surface area contributed by atoms with Crippen molar-refractivity contribution in [3.8, 4) is 17.2 Å². The summed E-state index contributed by atoms with van der Waals surface area (Å²) in [5.41, 5.74) is 4.83. The third-order valence-corrected chi connectivity index (χ3v) is 4.91. The van der Waals surface area contributed by atoms with Crippen LogP contribution in [0.4, 0.5) is 0 Å². The summed E-state index contributed by atoms with van der Waals surface area (Å²) in [5, 5.41) is 3.91. The van der Waals surface area contributed by atoms with Gasteiger partial charge in [0.05, 0.1) is 34.0 Å². The first-order valence-corrected chi connectivity index (χ1v) is 9.00. The molecular formula is C22H25NO5. The van der Waals surface area contributed by atoms with Gasteiger partial charge in [0.25, 0.3) is 0 Å². The molecule has 1 amide bonds. The fraction of sp³-hybridized carbons (Fsp3) is 0.318. The van der Waals surface area contributed by atoms with Gasteiger partial charge in [-0.3, -0.25) is 4.79 Å². The minimum atomic E-state index is -0.0883. The third-order valence-electron chi connectivity index (χ3n) is 4.91. The van der Waals surface area contributed by atoms with Gasteiger partial charge in [0.15, 0.2) is 11.5 Å². The van der Waals surface area contributed by atoms with Crippen LogP contribution in [-0.2, 0) is 17.8 Å². The van der Waals surface area contributed by atoms with E-state index in [0.29, 0.717) is 23.8 Å². The molecule has 0 saturated carbocycles. The van der Waals surface area contributed by atoms with Crippen molar-refractivity contribution in [2.45, 2.75) is 26.8 Å². The van der Waals surface area contributed by atoms with Crippen LogP contribution in [0.5, 0.6) is 17.2 Å². The predicted octanol–water partition coefficient (Wildman–Crippen LogP) is 3.93. The molecule has 6 nitrogen and oxygen atoms in total. The number of fused-ring (bicyclic) bond motifs is 1. The van der Waals surface area contributed by atoms with Crippen LogP contribution in [0.3, 0.4) is 0 Å². The Hall–Kier alpha value is -3.15. The number of amides is 1. The smallest absolute Gasteiger partial charge is 0.224 e. The molecule has 28 heavy (non-hydrogen) atoms. The lowest BCUT2D eigenvalue weighted by Gasteiger charge is -2.14. The van der Waals surface area contributed by atoms with E-state index >= 15 is 0 Å². The number of aryl methyl sites for hydroxylation is 2. The van der Waals surface area contributed by atoms with Gasteiger partial charge in [-0.05, 0) is 42.7 Å². The third kappa shape index (κ3) is 3.76. The molecule has 0 aliphatic carbocycles. The lowest BCUT2D eigenvalue weighted by atomic mass is 10.0. The van der Waals surface area contributed by atoms with Crippen molar-refractivity contribution < 1.29 is 23.4 Å². The van der Waals surface area contributed by atoms with Crippen molar-refractivity contribution in [1.82, 2.24) is 5.32 Å². The number of furan rings is 1. The summed E-state index contributed by atoms with van der Waals surface area (Å²) in [6.07, 6.45) is 1.91. The quantitative estimate of drug-likeness (QED) is 0.669. The molecule has 3 aromatic rings. The van der Waals surface area contributed by atoms with Crippen molar-refractivity contribution in [2.24, 2.45) is 0 Å². The second kappa shape index (κ2) is 8.25. The highest BCUT2D eigenvalue weighted by atomic mass is 16.5. The molecule has 0 atom stereocenters. The highest BCUT2D eigenvalue weighted by Gasteiger charge is 2.15. The van der Waals surface area contributed by atoms with Gasteiger partial charge in [0, 0.05) is 17.5 Å². The van der Waals surface area contributed by atoms with Gasteiger partial charge in [-0.15, -0.1) is 0 Å². The van der Waals surface area contributed by atoms with Crippen LogP contribution in [-0.4, -0.2) is 27.2 Å². The second-order valence-corrected chi connectivity index (χ2v) is 6.63. The molecule has 1 aromatic heterocycles. The van der Waals surface area contributed by atoms with E-state index in [0.717, 1.165) is 27.7 Å². The average molecular weight is 383 g/mol. The van der Waals surface area contributed by atoms with Gasteiger partial charge in [-0.1, -0.05) is 12.1 Å². The number of carbonyl (C=O) groups excluding carboxylic acids is 1. The molecule has 0 spiro atoms. The molecule has 6 heteroatoms. The molecule has 0 unspecified atom stereocenters. The van der Waals surface area contributed by atoms with E-state index in [2.05, 4.69) is 5.32 Å². The zero-order valence-corrected chi connectivity index (χ0v) is 16.8. The second-order valence-electron chi connectivity index (χ2n) is 6.63. The van der Waals surface area contributed by atoms with E-state index in [9.17, 15) is 4.79 Å². The van der Waals surface area contributed by atoms with E-state index < -0.39 is 0 Å². The number of ether oxygens (including phenoxy) is 3.